The maximum atomic E-state index is 12.2. The molecule has 0 radical (unpaired) electrons. The summed E-state index contributed by atoms with van der Waals surface area (Å²) >= 11 is 0. The first kappa shape index (κ1) is 12.6. The second kappa shape index (κ2) is 4.43. The van der Waals surface area contributed by atoms with Gasteiger partial charge in [0, 0.05) is 18.4 Å². The van der Waals surface area contributed by atoms with Crippen LogP contribution in [-0.4, -0.2) is 27.1 Å². The van der Waals surface area contributed by atoms with Crippen molar-refractivity contribution >= 4 is 11.9 Å². The van der Waals surface area contributed by atoms with Gasteiger partial charge < -0.3 is 10.4 Å². The number of hydrogen-bond acceptors (Lipinski definition) is 4. The molecule has 1 aliphatic carbocycles. The number of hydrogen-bond donors (Lipinski definition) is 2. The number of nitrogens with one attached hydrogen (secondary N) is 1. The van der Waals surface area contributed by atoms with E-state index < -0.39 is 23.6 Å². The number of halogens is 3. The maximum Gasteiger partial charge on any atom is 0.419 e. The number of nitrogens with zero attached hydrogens (tertiary/aromatic N) is 2. The van der Waals surface area contributed by atoms with E-state index in [1.165, 1.54) is 0 Å². The van der Waals surface area contributed by atoms with Gasteiger partial charge in [0.25, 0.3) is 0 Å². The normalized spacial score (nSPS) is 23.3. The predicted octanol–water partition coefficient (Wildman–Crippen LogP) is 1.77. The monoisotopic (exact) mass is 261 g/mol. The molecule has 18 heavy (non-hydrogen) atoms. The molecule has 1 fully saturated rings. The number of rotatable bonds is 3. The van der Waals surface area contributed by atoms with Crippen molar-refractivity contribution in [1.82, 2.24) is 9.97 Å². The van der Waals surface area contributed by atoms with Crippen molar-refractivity contribution in [2.45, 2.75) is 25.1 Å². The maximum absolute atomic E-state index is 12.2. The lowest BCUT2D eigenvalue weighted by Gasteiger charge is -2.32. The lowest BCUT2D eigenvalue weighted by Crippen LogP contribution is -2.39. The van der Waals surface area contributed by atoms with Gasteiger partial charge in [0.05, 0.1) is 11.5 Å². The van der Waals surface area contributed by atoms with E-state index in [9.17, 15) is 18.0 Å². The van der Waals surface area contributed by atoms with Crippen LogP contribution in [0.5, 0.6) is 0 Å². The molecule has 0 saturated heterocycles. The van der Waals surface area contributed by atoms with Crippen LogP contribution in [0.1, 0.15) is 18.4 Å². The summed E-state index contributed by atoms with van der Waals surface area (Å²) in [6.45, 7) is 0. The molecule has 1 heterocycles. The van der Waals surface area contributed by atoms with Crippen LogP contribution in [-0.2, 0) is 11.0 Å². The SMILES string of the molecule is O=C(O)C1CC(Nc2ncc(C(F)(F)F)cn2)C1. The summed E-state index contributed by atoms with van der Waals surface area (Å²) in [5.74, 6) is -1.17. The van der Waals surface area contributed by atoms with Crippen LogP contribution < -0.4 is 5.32 Å². The van der Waals surface area contributed by atoms with E-state index in [-0.39, 0.29) is 12.0 Å². The van der Waals surface area contributed by atoms with Gasteiger partial charge in [-0.15, -0.1) is 0 Å². The smallest absolute Gasteiger partial charge is 0.419 e. The Labute approximate surface area is 100 Å². The van der Waals surface area contributed by atoms with Gasteiger partial charge in [-0.2, -0.15) is 13.2 Å². The highest BCUT2D eigenvalue weighted by Gasteiger charge is 2.35. The Morgan fingerprint density at radius 2 is 1.89 bits per heavy atom. The highest BCUT2D eigenvalue weighted by Crippen LogP contribution is 2.30. The standard InChI is InChI=1S/C10H10F3N3O2/c11-10(12,13)6-3-14-9(15-4-6)16-7-1-5(2-7)8(17)18/h3-5,7H,1-2H2,(H,17,18)(H,14,15,16). The fourth-order valence-corrected chi connectivity index (χ4v) is 1.67. The van der Waals surface area contributed by atoms with Crippen molar-refractivity contribution in [3.63, 3.8) is 0 Å². The highest BCUT2D eigenvalue weighted by atomic mass is 19.4. The molecule has 1 saturated carbocycles. The average molecular weight is 261 g/mol. The third kappa shape index (κ3) is 2.69. The molecule has 0 bridgehead atoms. The van der Waals surface area contributed by atoms with Crippen LogP contribution in [0.3, 0.4) is 0 Å². The molecule has 8 heteroatoms. The minimum Gasteiger partial charge on any atom is -0.481 e. The summed E-state index contributed by atoms with van der Waals surface area (Å²) in [5, 5.41) is 11.4. The number of aromatic nitrogens is 2. The molecule has 1 aromatic heterocycles. The Kier molecular flexibility index (Phi) is 3.10. The summed E-state index contributed by atoms with van der Waals surface area (Å²) in [4.78, 5) is 17.6. The van der Waals surface area contributed by atoms with E-state index >= 15 is 0 Å². The molecule has 0 unspecified atom stereocenters. The van der Waals surface area contributed by atoms with E-state index in [1.807, 2.05) is 0 Å². The lowest BCUT2D eigenvalue weighted by molar-refractivity contribution is -0.144. The Bertz CT molecular complexity index is 441. The number of aliphatic carboxylic acids is 1. The molecule has 0 amide bonds. The number of carboxylic acids is 1. The van der Waals surface area contributed by atoms with E-state index in [2.05, 4.69) is 15.3 Å². The van der Waals surface area contributed by atoms with Crippen molar-refractivity contribution in [2.24, 2.45) is 5.92 Å². The van der Waals surface area contributed by atoms with Crippen LogP contribution in [0, 0.1) is 5.92 Å². The fraction of sp³-hybridized carbons (Fsp3) is 0.500. The predicted molar refractivity (Wildman–Crippen MR) is 54.8 cm³/mol. The highest BCUT2D eigenvalue weighted by molar-refractivity contribution is 5.71. The summed E-state index contributed by atoms with van der Waals surface area (Å²) in [6, 6.07) is -0.0946. The third-order valence-electron chi connectivity index (χ3n) is 2.80. The summed E-state index contributed by atoms with van der Waals surface area (Å²) in [7, 11) is 0. The fourth-order valence-electron chi connectivity index (χ4n) is 1.67. The largest absolute Gasteiger partial charge is 0.481 e. The van der Waals surface area contributed by atoms with Crippen molar-refractivity contribution < 1.29 is 23.1 Å². The van der Waals surface area contributed by atoms with Crippen LogP contribution in [0.4, 0.5) is 19.1 Å². The van der Waals surface area contributed by atoms with Crippen molar-refractivity contribution in [3.05, 3.63) is 18.0 Å². The number of carbonyl (C=O) groups is 1. The molecule has 0 aliphatic heterocycles. The van der Waals surface area contributed by atoms with Gasteiger partial charge in [0.2, 0.25) is 5.95 Å². The molecule has 2 N–H and O–H groups in total. The molecule has 5 nitrogen and oxygen atoms in total. The quantitative estimate of drug-likeness (QED) is 0.867. The second-order valence-electron chi connectivity index (χ2n) is 4.14. The minimum absolute atomic E-state index is 0.0804. The van der Waals surface area contributed by atoms with E-state index in [1.54, 1.807) is 0 Å². The molecule has 1 aliphatic rings. The third-order valence-corrected chi connectivity index (χ3v) is 2.80. The first-order valence-electron chi connectivity index (χ1n) is 5.25. The number of anilines is 1. The Hall–Kier alpha value is -1.86. The molecule has 0 atom stereocenters. The van der Waals surface area contributed by atoms with Crippen LogP contribution in [0.25, 0.3) is 0 Å². The Morgan fingerprint density at radius 3 is 2.33 bits per heavy atom. The molecule has 1 aromatic rings. The van der Waals surface area contributed by atoms with Crippen molar-refractivity contribution in [3.8, 4) is 0 Å². The van der Waals surface area contributed by atoms with Crippen molar-refractivity contribution in [1.29, 1.82) is 0 Å². The van der Waals surface area contributed by atoms with Gasteiger partial charge in [-0.25, -0.2) is 9.97 Å². The van der Waals surface area contributed by atoms with Crippen LogP contribution in [0.2, 0.25) is 0 Å². The van der Waals surface area contributed by atoms with E-state index in [0.717, 1.165) is 0 Å². The van der Waals surface area contributed by atoms with E-state index in [4.69, 9.17) is 5.11 Å². The van der Waals surface area contributed by atoms with Crippen molar-refractivity contribution in [2.75, 3.05) is 5.32 Å². The van der Waals surface area contributed by atoms with Crippen LogP contribution >= 0.6 is 0 Å². The second-order valence-corrected chi connectivity index (χ2v) is 4.14. The molecular formula is C10H10F3N3O2. The van der Waals surface area contributed by atoms with Gasteiger partial charge in [0.15, 0.2) is 0 Å². The van der Waals surface area contributed by atoms with Gasteiger partial charge in [-0.05, 0) is 12.8 Å². The molecule has 2 rings (SSSR count). The van der Waals surface area contributed by atoms with Gasteiger partial charge in [-0.3, -0.25) is 4.79 Å². The van der Waals surface area contributed by atoms with Gasteiger partial charge >= 0.3 is 12.1 Å². The summed E-state index contributed by atoms with van der Waals surface area (Å²) in [6.07, 6.45) is -2.20. The van der Waals surface area contributed by atoms with Gasteiger partial charge in [0.1, 0.15) is 0 Å². The molecular weight excluding hydrogens is 251 g/mol. The van der Waals surface area contributed by atoms with E-state index in [0.29, 0.717) is 25.2 Å². The number of alkyl halides is 3. The van der Waals surface area contributed by atoms with Gasteiger partial charge in [-0.1, -0.05) is 0 Å². The average Bonchev–Trinajstić information content (AvgIpc) is 2.21. The molecule has 0 spiro atoms. The summed E-state index contributed by atoms with van der Waals surface area (Å²) < 4.78 is 36.7. The lowest BCUT2D eigenvalue weighted by atomic mass is 9.80. The molecule has 0 aromatic carbocycles. The zero-order valence-corrected chi connectivity index (χ0v) is 9.11. The number of carboxylic acid groups (broad SMARTS) is 1. The van der Waals surface area contributed by atoms with Crippen LogP contribution in [0.15, 0.2) is 12.4 Å². The molecule has 98 valence electrons. The topological polar surface area (TPSA) is 75.1 Å². The summed E-state index contributed by atoms with van der Waals surface area (Å²) in [5.41, 5.74) is -0.912. The Morgan fingerprint density at radius 1 is 1.33 bits per heavy atom. The first-order valence-corrected chi connectivity index (χ1v) is 5.25. The first-order chi connectivity index (χ1) is 8.36. The zero-order chi connectivity index (χ0) is 13.3. The minimum atomic E-state index is -4.45. The zero-order valence-electron chi connectivity index (χ0n) is 9.11. The Balaban J connectivity index is 1.90.